The average molecular weight is 239 g/mol. The van der Waals surface area contributed by atoms with Crippen LogP contribution >= 0.6 is 0 Å². The average Bonchev–Trinajstić information content (AvgIpc) is 2.76. The van der Waals surface area contributed by atoms with Crippen LogP contribution in [-0.4, -0.2) is 54.3 Å². The lowest BCUT2D eigenvalue weighted by atomic mass is 10.2. The highest BCUT2D eigenvalue weighted by Crippen LogP contribution is 2.21. The monoisotopic (exact) mass is 239 g/mol. The fourth-order valence-corrected chi connectivity index (χ4v) is 1.94. The highest BCUT2D eigenvalue weighted by atomic mass is 16.5. The minimum Gasteiger partial charge on any atom is -0.377 e. The van der Waals surface area contributed by atoms with Gasteiger partial charge in [-0.05, 0) is 6.92 Å². The highest BCUT2D eigenvalue weighted by molar-refractivity contribution is 5.78. The van der Waals surface area contributed by atoms with Gasteiger partial charge in [-0.15, -0.1) is 0 Å². The van der Waals surface area contributed by atoms with Crippen molar-refractivity contribution in [2.24, 2.45) is 0 Å². The van der Waals surface area contributed by atoms with Gasteiger partial charge in [0.2, 0.25) is 5.91 Å². The molecule has 1 amide bonds. The molecule has 2 rings (SSSR count). The Kier molecular flexibility index (Phi) is 3.75. The van der Waals surface area contributed by atoms with Crippen LogP contribution in [0.25, 0.3) is 0 Å². The van der Waals surface area contributed by atoms with E-state index in [0.29, 0.717) is 19.8 Å². The van der Waals surface area contributed by atoms with Crippen molar-refractivity contribution < 1.29 is 14.3 Å². The Morgan fingerprint density at radius 1 is 1.76 bits per heavy atom. The molecule has 17 heavy (non-hydrogen) atoms. The zero-order valence-electron chi connectivity index (χ0n) is 10.1. The van der Waals surface area contributed by atoms with Crippen LogP contribution in [-0.2, 0) is 14.3 Å². The fourth-order valence-electron chi connectivity index (χ4n) is 1.94. The molecule has 1 N–H and O–H groups in total. The zero-order valence-corrected chi connectivity index (χ0v) is 10.1. The number of hydrogen-bond acceptors (Lipinski definition) is 4. The second kappa shape index (κ2) is 5.29. The van der Waals surface area contributed by atoms with Crippen LogP contribution in [0.2, 0.25) is 0 Å². The Bertz CT molecular complexity index is 391. The Morgan fingerprint density at radius 2 is 2.59 bits per heavy atom. The molecular weight excluding hydrogens is 222 g/mol. The van der Waals surface area contributed by atoms with E-state index in [1.165, 1.54) is 7.11 Å². The first-order valence-electron chi connectivity index (χ1n) is 5.60. The summed E-state index contributed by atoms with van der Waals surface area (Å²) in [5, 5.41) is 0. The fraction of sp³-hybridized carbons (Fsp3) is 0.636. The van der Waals surface area contributed by atoms with Gasteiger partial charge < -0.3 is 19.4 Å². The number of aromatic nitrogens is 2. The molecule has 0 aromatic carbocycles. The molecule has 1 atom stereocenters. The predicted octanol–water partition coefficient (Wildman–Crippen LogP) is 0.264. The van der Waals surface area contributed by atoms with E-state index in [1.807, 2.05) is 6.92 Å². The summed E-state index contributed by atoms with van der Waals surface area (Å²) in [6.07, 6.45) is 1.75. The summed E-state index contributed by atoms with van der Waals surface area (Å²) in [4.78, 5) is 21.1. The standard InChI is InChI=1S/C11H17N3O3/c1-8-5-12-11(13-8)9-6-17-4-3-14(9)10(15)7-16-2/h5,9H,3-4,6-7H2,1-2H3,(H,12,13)/t9-/m1/s1. The Balaban J connectivity index is 2.14. The van der Waals surface area contributed by atoms with Gasteiger partial charge in [-0.3, -0.25) is 4.79 Å². The molecule has 1 aliphatic rings. The maximum atomic E-state index is 11.9. The van der Waals surface area contributed by atoms with Crippen molar-refractivity contribution in [2.75, 3.05) is 33.5 Å². The molecule has 0 radical (unpaired) electrons. The van der Waals surface area contributed by atoms with E-state index < -0.39 is 0 Å². The van der Waals surface area contributed by atoms with Gasteiger partial charge in [0.05, 0.1) is 13.2 Å². The van der Waals surface area contributed by atoms with Crippen molar-refractivity contribution in [1.29, 1.82) is 0 Å². The molecule has 2 heterocycles. The van der Waals surface area contributed by atoms with E-state index in [0.717, 1.165) is 11.5 Å². The third-order valence-electron chi connectivity index (χ3n) is 2.75. The maximum absolute atomic E-state index is 11.9. The minimum absolute atomic E-state index is 0.0325. The normalized spacial score (nSPS) is 20.6. The van der Waals surface area contributed by atoms with Gasteiger partial charge >= 0.3 is 0 Å². The van der Waals surface area contributed by atoms with Crippen molar-refractivity contribution in [1.82, 2.24) is 14.9 Å². The number of ether oxygens (including phenoxy) is 2. The van der Waals surface area contributed by atoms with Gasteiger partial charge in [0.1, 0.15) is 18.5 Å². The summed E-state index contributed by atoms with van der Waals surface area (Å²) < 4.78 is 10.3. The number of aryl methyl sites for hydroxylation is 1. The van der Waals surface area contributed by atoms with Crippen molar-refractivity contribution in [2.45, 2.75) is 13.0 Å². The largest absolute Gasteiger partial charge is 0.377 e. The van der Waals surface area contributed by atoms with Crippen LogP contribution in [0.15, 0.2) is 6.20 Å². The lowest BCUT2D eigenvalue weighted by Crippen LogP contribution is -2.45. The smallest absolute Gasteiger partial charge is 0.249 e. The predicted molar refractivity (Wildman–Crippen MR) is 60.5 cm³/mol. The van der Waals surface area contributed by atoms with Crippen LogP contribution in [0.1, 0.15) is 17.6 Å². The van der Waals surface area contributed by atoms with Crippen LogP contribution in [0.5, 0.6) is 0 Å². The van der Waals surface area contributed by atoms with E-state index in [9.17, 15) is 4.79 Å². The second-order valence-corrected chi connectivity index (χ2v) is 4.06. The number of aromatic amines is 1. The number of imidazole rings is 1. The number of amides is 1. The van der Waals surface area contributed by atoms with Gasteiger partial charge in [0.15, 0.2) is 0 Å². The number of methoxy groups -OCH3 is 1. The first-order chi connectivity index (χ1) is 8.22. The van der Waals surface area contributed by atoms with Gasteiger partial charge in [-0.1, -0.05) is 0 Å². The third-order valence-corrected chi connectivity index (χ3v) is 2.75. The highest BCUT2D eigenvalue weighted by Gasteiger charge is 2.30. The number of carbonyl (C=O) groups is 1. The Labute approximate surface area is 99.9 Å². The molecule has 0 aliphatic carbocycles. The lowest BCUT2D eigenvalue weighted by Gasteiger charge is -2.34. The Hall–Kier alpha value is -1.40. The topological polar surface area (TPSA) is 67.4 Å². The molecule has 1 saturated heterocycles. The van der Waals surface area contributed by atoms with Crippen molar-refractivity contribution >= 4 is 5.91 Å². The number of morpholine rings is 1. The van der Waals surface area contributed by atoms with E-state index in [1.54, 1.807) is 11.1 Å². The van der Waals surface area contributed by atoms with Crippen molar-refractivity contribution in [3.05, 3.63) is 17.7 Å². The van der Waals surface area contributed by atoms with Gasteiger partial charge in [0, 0.05) is 25.5 Å². The molecule has 94 valence electrons. The molecule has 1 fully saturated rings. The number of nitrogens with one attached hydrogen (secondary N) is 1. The molecule has 1 aromatic rings. The molecule has 0 unspecified atom stereocenters. The molecule has 1 aromatic heterocycles. The van der Waals surface area contributed by atoms with Crippen LogP contribution in [0.3, 0.4) is 0 Å². The van der Waals surface area contributed by atoms with Gasteiger partial charge in [0.25, 0.3) is 0 Å². The molecule has 0 spiro atoms. The number of carbonyl (C=O) groups excluding carboxylic acids is 1. The number of rotatable bonds is 3. The summed E-state index contributed by atoms with van der Waals surface area (Å²) in [5.41, 5.74) is 0.977. The number of hydrogen-bond donors (Lipinski definition) is 1. The summed E-state index contributed by atoms with van der Waals surface area (Å²) >= 11 is 0. The molecule has 1 aliphatic heterocycles. The summed E-state index contributed by atoms with van der Waals surface area (Å²) in [6.45, 7) is 3.64. The van der Waals surface area contributed by atoms with E-state index in [2.05, 4.69) is 9.97 Å². The molecular formula is C11H17N3O3. The first kappa shape index (κ1) is 12.1. The van der Waals surface area contributed by atoms with Crippen LogP contribution in [0, 0.1) is 6.92 Å². The first-order valence-corrected chi connectivity index (χ1v) is 5.60. The zero-order chi connectivity index (χ0) is 12.3. The maximum Gasteiger partial charge on any atom is 0.249 e. The lowest BCUT2D eigenvalue weighted by molar-refractivity contribution is -0.144. The van der Waals surface area contributed by atoms with Crippen molar-refractivity contribution in [3.8, 4) is 0 Å². The summed E-state index contributed by atoms with van der Waals surface area (Å²) in [6, 6.07) is -0.139. The Morgan fingerprint density at radius 3 is 3.24 bits per heavy atom. The number of nitrogens with zero attached hydrogens (tertiary/aromatic N) is 2. The quantitative estimate of drug-likeness (QED) is 0.821. The van der Waals surface area contributed by atoms with Crippen molar-refractivity contribution in [3.63, 3.8) is 0 Å². The minimum atomic E-state index is -0.139. The van der Waals surface area contributed by atoms with E-state index in [-0.39, 0.29) is 18.6 Å². The summed E-state index contributed by atoms with van der Waals surface area (Å²) in [7, 11) is 1.52. The summed E-state index contributed by atoms with van der Waals surface area (Å²) in [5.74, 6) is 0.738. The SMILES string of the molecule is COCC(=O)N1CCOC[C@@H]1c1ncc(C)[nH]1. The van der Waals surface area contributed by atoms with Gasteiger partial charge in [-0.2, -0.15) is 0 Å². The molecule has 0 bridgehead atoms. The van der Waals surface area contributed by atoms with Gasteiger partial charge in [-0.25, -0.2) is 4.98 Å². The second-order valence-electron chi connectivity index (χ2n) is 4.06. The molecule has 0 saturated carbocycles. The van der Waals surface area contributed by atoms with Crippen LogP contribution < -0.4 is 0 Å². The third kappa shape index (κ3) is 2.65. The molecule has 6 heteroatoms. The molecule has 6 nitrogen and oxygen atoms in total. The number of H-pyrrole nitrogens is 1. The van der Waals surface area contributed by atoms with E-state index >= 15 is 0 Å². The van der Waals surface area contributed by atoms with Crippen LogP contribution in [0.4, 0.5) is 0 Å². The van der Waals surface area contributed by atoms with E-state index in [4.69, 9.17) is 9.47 Å².